The number of fused-ring (bicyclic) bond motifs is 1. The van der Waals surface area contributed by atoms with Crippen LogP contribution in [0.2, 0.25) is 0 Å². The third-order valence-corrected chi connectivity index (χ3v) is 7.73. The Morgan fingerprint density at radius 1 is 1.14 bits per heavy atom. The Labute approximate surface area is 181 Å². The lowest BCUT2D eigenvalue weighted by atomic mass is 10.00. The average molecular weight is 493 g/mol. The normalized spacial score (nSPS) is 15.8. The van der Waals surface area contributed by atoms with E-state index in [1.165, 1.54) is 12.1 Å². The van der Waals surface area contributed by atoms with Crippen molar-refractivity contribution in [3.05, 3.63) is 75.6 Å². The minimum absolute atomic E-state index is 0.185. The molecule has 29 heavy (non-hydrogen) atoms. The summed E-state index contributed by atoms with van der Waals surface area (Å²) >= 11 is 4.58. The quantitative estimate of drug-likeness (QED) is 0.546. The number of rotatable bonds is 5. The van der Waals surface area contributed by atoms with Crippen molar-refractivity contribution < 1.29 is 17.9 Å². The Morgan fingerprint density at radius 3 is 2.79 bits per heavy atom. The zero-order valence-electron chi connectivity index (χ0n) is 15.1. The predicted octanol–water partition coefficient (Wildman–Crippen LogP) is 4.57. The lowest BCUT2D eigenvalue weighted by molar-refractivity contribution is 0.0925. The molecule has 1 unspecified atom stereocenters. The summed E-state index contributed by atoms with van der Waals surface area (Å²) in [7, 11) is -3.67. The summed E-state index contributed by atoms with van der Waals surface area (Å²) in [5, 5.41) is 4.72. The summed E-state index contributed by atoms with van der Waals surface area (Å²) in [6.07, 6.45) is 0.653. The first-order chi connectivity index (χ1) is 13.9. The summed E-state index contributed by atoms with van der Waals surface area (Å²) < 4.78 is 34.1. The van der Waals surface area contributed by atoms with Crippen molar-refractivity contribution in [2.75, 3.05) is 11.3 Å². The number of thiophene rings is 1. The van der Waals surface area contributed by atoms with Crippen molar-refractivity contribution in [1.29, 1.82) is 0 Å². The topological polar surface area (TPSA) is 84.5 Å². The van der Waals surface area contributed by atoms with Gasteiger partial charge in [-0.2, -0.15) is 0 Å². The standard InChI is InChI=1S/C20H17BrN2O4S2/c21-14-6-7-18-16(12-14)17(8-9-27-18)22-20(24)13-3-1-4-15(11-13)23-29(25,26)19-5-2-10-28-19/h1-7,10-12,17,23H,8-9H2,(H,22,24). The zero-order chi connectivity index (χ0) is 20.4. The number of hydrogen-bond donors (Lipinski definition) is 2. The van der Waals surface area contributed by atoms with Crippen LogP contribution in [-0.4, -0.2) is 20.9 Å². The van der Waals surface area contributed by atoms with Gasteiger partial charge in [0.2, 0.25) is 0 Å². The summed E-state index contributed by atoms with van der Waals surface area (Å²) in [6, 6.07) is 15.2. The number of ether oxygens (including phenoxy) is 1. The van der Waals surface area contributed by atoms with Gasteiger partial charge in [0.1, 0.15) is 9.96 Å². The maximum Gasteiger partial charge on any atom is 0.271 e. The van der Waals surface area contributed by atoms with Gasteiger partial charge in [-0.15, -0.1) is 11.3 Å². The summed E-state index contributed by atoms with van der Waals surface area (Å²) in [5.74, 6) is 0.474. The Balaban J connectivity index is 1.52. The first-order valence-electron chi connectivity index (χ1n) is 8.82. The van der Waals surface area contributed by atoms with Gasteiger partial charge in [-0.1, -0.05) is 28.1 Å². The predicted molar refractivity (Wildman–Crippen MR) is 116 cm³/mol. The van der Waals surface area contributed by atoms with Gasteiger partial charge in [-0.25, -0.2) is 8.42 Å². The van der Waals surface area contributed by atoms with E-state index in [2.05, 4.69) is 26.0 Å². The molecule has 1 aliphatic rings. The number of carbonyl (C=O) groups excluding carboxylic acids is 1. The molecule has 3 aromatic rings. The van der Waals surface area contributed by atoms with Crippen molar-refractivity contribution in [1.82, 2.24) is 5.32 Å². The van der Waals surface area contributed by atoms with E-state index in [4.69, 9.17) is 4.74 Å². The minimum atomic E-state index is -3.67. The van der Waals surface area contributed by atoms with Gasteiger partial charge in [0.25, 0.3) is 15.9 Å². The van der Waals surface area contributed by atoms with Crippen molar-refractivity contribution in [2.24, 2.45) is 0 Å². The van der Waals surface area contributed by atoms with Crippen molar-refractivity contribution in [2.45, 2.75) is 16.7 Å². The second-order valence-electron chi connectivity index (χ2n) is 6.46. The van der Waals surface area contributed by atoms with Crippen LogP contribution >= 0.6 is 27.3 Å². The molecule has 1 atom stereocenters. The van der Waals surface area contributed by atoms with Gasteiger partial charge in [0.15, 0.2) is 0 Å². The molecule has 0 saturated heterocycles. The van der Waals surface area contributed by atoms with Crippen LogP contribution in [-0.2, 0) is 10.0 Å². The van der Waals surface area contributed by atoms with E-state index in [1.54, 1.807) is 29.6 Å². The number of benzene rings is 2. The largest absolute Gasteiger partial charge is 0.493 e. The monoisotopic (exact) mass is 492 g/mol. The van der Waals surface area contributed by atoms with Gasteiger partial charge in [-0.05, 0) is 47.8 Å². The molecule has 1 aliphatic heterocycles. The Bertz CT molecular complexity index is 1150. The van der Waals surface area contributed by atoms with Crippen LogP contribution in [0, 0.1) is 0 Å². The summed E-state index contributed by atoms with van der Waals surface area (Å²) in [6.45, 7) is 0.514. The molecule has 0 bridgehead atoms. The summed E-state index contributed by atoms with van der Waals surface area (Å²) in [5.41, 5.74) is 1.62. The van der Waals surface area contributed by atoms with Gasteiger partial charge in [-0.3, -0.25) is 9.52 Å². The first-order valence-corrected chi connectivity index (χ1v) is 12.0. The van der Waals surface area contributed by atoms with Crippen molar-refractivity contribution in [3.63, 3.8) is 0 Å². The fraction of sp³-hybridized carbons (Fsp3) is 0.150. The van der Waals surface area contributed by atoms with Crippen molar-refractivity contribution >= 4 is 48.9 Å². The highest BCUT2D eigenvalue weighted by Crippen LogP contribution is 2.34. The highest BCUT2D eigenvalue weighted by molar-refractivity contribution is 9.10. The lowest BCUT2D eigenvalue weighted by Crippen LogP contribution is -2.32. The van der Waals surface area contributed by atoms with Gasteiger partial charge in [0.05, 0.1) is 12.6 Å². The first kappa shape index (κ1) is 19.9. The van der Waals surface area contributed by atoms with Crippen LogP contribution in [0.4, 0.5) is 5.69 Å². The SMILES string of the molecule is O=C(NC1CCOc2ccc(Br)cc21)c1cccc(NS(=O)(=O)c2cccs2)c1. The molecule has 6 nitrogen and oxygen atoms in total. The number of amides is 1. The van der Waals surface area contributed by atoms with Crippen LogP contribution < -0.4 is 14.8 Å². The fourth-order valence-electron chi connectivity index (χ4n) is 3.10. The molecule has 0 radical (unpaired) electrons. The molecule has 0 saturated carbocycles. The molecule has 150 valence electrons. The highest BCUT2D eigenvalue weighted by Gasteiger charge is 2.24. The molecule has 2 heterocycles. The highest BCUT2D eigenvalue weighted by atomic mass is 79.9. The molecule has 2 N–H and O–H groups in total. The Kier molecular flexibility index (Phi) is 5.62. The molecule has 0 fully saturated rings. The number of sulfonamides is 1. The van der Waals surface area contributed by atoms with Gasteiger partial charge >= 0.3 is 0 Å². The van der Waals surface area contributed by atoms with E-state index >= 15 is 0 Å². The Morgan fingerprint density at radius 2 is 2.00 bits per heavy atom. The molecular weight excluding hydrogens is 476 g/mol. The molecule has 1 aromatic heterocycles. The second-order valence-corrected chi connectivity index (χ2v) is 10.2. The molecular formula is C20H17BrN2O4S2. The maximum absolute atomic E-state index is 12.8. The summed E-state index contributed by atoms with van der Waals surface area (Å²) in [4.78, 5) is 12.8. The van der Waals surface area contributed by atoms with Gasteiger partial charge in [0, 0.05) is 27.7 Å². The third-order valence-electron chi connectivity index (χ3n) is 4.45. The molecule has 0 spiro atoms. The smallest absolute Gasteiger partial charge is 0.271 e. The average Bonchev–Trinajstić information content (AvgIpc) is 3.24. The lowest BCUT2D eigenvalue weighted by Gasteiger charge is -2.27. The van der Waals surface area contributed by atoms with Crippen LogP contribution in [0.3, 0.4) is 0 Å². The molecule has 9 heteroatoms. The van der Waals surface area contributed by atoms with Crippen LogP contribution in [0.15, 0.2) is 68.7 Å². The van der Waals surface area contributed by atoms with E-state index in [9.17, 15) is 13.2 Å². The number of carbonyl (C=O) groups is 1. The Hall–Kier alpha value is -2.36. The number of anilines is 1. The van der Waals surface area contributed by atoms with Crippen LogP contribution in [0.25, 0.3) is 0 Å². The van der Waals surface area contributed by atoms with E-state index in [0.29, 0.717) is 24.3 Å². The fourth-order valence-corrected chi connectivity index (χ4v) is 5.52. The van der Waals surface area contributed by atoms with E-state index < -0.39 is 10.0 Å². The second kappa shape index (κ2) is 8.17. The molecule has 1 amide bonds. The number of halogens is 1. The van der Waals surface area contributed by atoms with E-state index in [0.717, 1.165) is 27.1 Å². The maximum atomic E-state index is 12.8. The molecule has 4 rings (SSSR count). The van der Waals surface area contributed by atoms with Gasteiger partial charge < -0.3 is 10.1 Å². The number of hydrogen-bond acceptors (Lipinski definition) is 5. The molecule has 0 aliphatic carbocycles. The minimum Gasteiger partial charge on any atom is -0.493 e. The zero-order valence-corrected chi connectivity index (χ0v) is 18.3. The van der Waals surface area contributed by atoms with Crippen LogP contribution in [0.1, 0.15) is 28.4 Å². The van der Waals surface area contributed by atoms with E-state index in [-0.39, 0.29) is 16.2 Å². The molecule has 2 aromatic carbocycles. The van der Waals surface area contributed by atoms with Crippen molar-refractivity contribution in [3.8, 4) is 5.75 Å². The van der Waals surface area contributed by atoms with E-state index in [1.807, 2.05) is 18.2 Å². The third kappa shape index (κ3) is 4.47. The van der Waals surface area contributed by atoms with Crippen LogP contribution in [0.5, 0.6) is 5.75 Å². The number of nitrogens with one attached hydrogen (secondary N) is 2.